The molecule has 0 aliphatic carbocycles. The first-order chi connectivity index (χ1) is 13.0. The van der Waals surface area contributed by atoms with Crippen LogP contribution in [-0.2, 0) is 13.1 Å². The standard InChI is InChI=1S/C20H24N4O3/c1-13(2)18(12-25)23-19(26)14-3-5-17(6-4-14)22-20(27)24-10-15-7-8-21-9-16(15)11-24/h3-9,13,18,25H,10-12H2,1-2H3,(H,22,27)(H,23,26). The van der Waals surface area contributed by atoms with Crippen molar-refractivity contribution in [1.29, 1.82) is 0 Å². The van der Waals surface area contributed by atoms with Gasteiger partial charge in [0, 0.05) is 36.7 Å². The molecule has 0 saturated carbocycles. The molecule has 0 radical (unpaired) electrons. The molecule has 27 heavy (non-hydrogen) atoms. The highest BCUT2D eigenvalue weighted by Crippen LogP contribution is 2.22. The zero-order valence-corrected chi connectivity index (χ0v) is 15.5. The van der Waals surface area contributed by atoms with Crippen molar-refractivity contribution in [1.82, 2.24) is 15.2 Å². The van der Waals surface area contributed by atoms with Gasteiger partial charge in [-0.05, 0) is 47.4 Å². The Labute approximate surface area is 158 Å². The van der Waals surface area contributed by atoms with Crippen LogP contribution in [0, 0.1) is 5.92 Å². The number of aliphatic hydroxyl groups is 1. The number of fused-ring (bicyclic) bond motifs is 1. The summed E-state index contributed by atoms with van der Waals surface area (Å²) in [6, 6.07) is 8.14. The lowest BCUT2D eigenvalue weighted by molar-refractivity contribution is 0.0897. The van der Waals surface area contributed by atoms with Crippen LogP contribution in [0.25, 0.3) is 0 Å². The number of pyridine rings is 1. The van der Waals surface area contributed by atoms with Crippen LogP contribution in [0.3, 0.4) is 0 Å². The quantitative estimate of drug-likeness (QED) is 0.755. The Morgan fingerprint density at radius 1 is 1.15 bits per heavy atom. The smallest absolute Gasteiger partial charge is 0.322 e. The molecule has 0 saturated heterocycles. The Balaban J connectivity index is 1.58. The maximum Gasteiger partial charge on any atom is 0.322 e. The molecule has 1 unspecified atom stereocenters. The third-order valence-corrected chi connectivity index (χ3v) is 4.73. The van der Waals surface area contributed by atoms with Gasteiger partial charge in [0.05, 0.1) is 12.6 Å². The summed E-state index contributed by atoms with van der Waals surface area (Å²) in [5.74, 6) is -0.111. The van der Waals surface area contributed by atoms with E-state index < -0.39 is 0 Å². The van der Waals surface area contributed by atoms with Crippen LogP contribution in [0.1, 0.15) is 35.3 Å². The van der Waals surface area contributed by atoms with Crippen LogP contribution < -0.4 is 10.6 Å². The maximum absolute atomic E-state index is 12.4. The second kappa shape index (κ2) is 8.18. The predicted octanol–water partition coefficient (Wildman–Crippen LogP) is 2.38. The highest BCUT2D eigenvalue weighted by molar-refractivity contribution is 5.95. The van der Waals surface area contributed by atoms with E-state index in [2.05, 4.69) is 15.6 Å². The monoisotopic (exact) mass is 368 g/mol. The fourth-order valence-electron chi connectivity index (χ4n) is 2.95. The summed E-state index contributed by atoms with van der Waals surface area (Å²) in [4.78, 5) is 30.5. The number of aromatic nitrogens is 1. The van der Waals surface area contributed by atoms with Crippen LogP contribution in [0.15, 0.2) is 42.7 Å². The van der Waals surface area contributed by atoms with Gasteiger partial charge in [-0.1, -0.05) is 13.8 Å². The number of aliphatic hydroxyl groups excluding tert-OH is 1. The highest BCUT2D eigenvalue weighted by atomic mass is 16.3. The number of carbonyl (C=O) groups excluding carboxylic acids is 2. The minimum absolute atomic E-state index is 0.106. The Kier molecular flexibility index (Phi) is 5.71. The Morgan fingerprint density at radius 3 is 2.48 bits per heavy atom. The molecule has 1 aliphatic rings. The van der Waals surface area contributed by atoms with Crippen molar-refractivity contribution < 1.29 is 14.7 Å². The van der Waals surface area contributed by atoms with Gasteiger partial charge < -0.3 is 20.6 Å². The van der Waals surface area contributed by atoms with E-state index >= 15 is 0 Å². The van der Waals surface area contributed by atoms with Crippen molar-refractivity contribution in [3.8, 4) is 0 Å². The molecule has 0 spiro atoms. The lowest BCUT2D eigenvalue weighted by atomic mass is 10.0. The van der Waals surface area contributed by atoms with E-state index in [9.17, 15) is 14.7 Å². The van der Waals surface area contributed by atoms with Crippen molar-refractivity contribution in [2.45, 2.75) is 33.0 Å². The SMILES string of the molecule is CC(C)C(CO)NC(=O)c1ccc(NC(=O)N2Cc3ccncc3C2)cc1. The molecule has 1 aromatic carbocycles. The van der Waals surface area contributed by atoms with Crippen molar-refractivity contribution in [2.24, 2.45) is 5.92 Å². The van der Waals surface area contributed by atoms with E-state index in [0.29, 0.717) is 24.3 Å². The minimum Gasteiger partial charge on any atom is -0.394 e. The van der Waals surface area contributed by atoms with Gasteiger partial charge in [-0.15, -0.1) is 0 Å². The average molecular weight is 368 g/mol. The Morgan fingerprint density at radius 2 is 1.85 bits per heavy atom. The third-order valence-electron chi connectivity index (χ3n) is 4.73. The largest absolute Gasteiger partial charge is 0.394 e. The molecular weight excluding hydrogens is 344 g/mol. The number of urea groups is 1. The van der Waals surface area contributed by atoms with Crippen LogP contribution in [0.4, 0.5) is 10.5 Å². The molecule has 3 amide bonds. The fourth-order valence-corrected chi connectivity index (χ4v) is 2.95. The molecule has 7 heteroatoms. The number of hydrogen-bond acceptors (Lipinski definition) is 4. The molecule has 1 aromatic heterocycles. The van der Waals surface area contributed by atoms with Crippen molar-refractivity contribution in [3.05, 3.63) is 59.4 Å². The number of rotatable bonds is 5. The fraction of sp³-hybridized carbons (Fsp3) is 0.350. The van der Waals surface area contributed by atoms with E-state index in [1.165, 1.54) is 0 Å². The number of nitrogens with zero attached hydrogens (tertiary/aromatic N) is 2. The van der Waals surface area contributed by atoms with Crippen LogP contribution in [0.5, 0.6) is 0 Å². The van der Waals surface area contributed by atoms with Gasteiger partial charge in [0.15, 0.2) is 0 Å². The lowest BCUT2D eigenvalue weighted by Crippen LogP contribution is -2.41. The first-order valence-corrected chi connectivity index (χ1v) is 8.97. The number of amides is 3. The topological polar surface area (TPSA) is 94.6 Å². The molecule has 7 nitrogen and oxygen atoms in total. The first kappa shape index (κ1) is 18.8. The zero-order valence-electron chi connectivity index (χ0n) is 15.5. The minimum atomic E-state index is -0.289. The summed E-state index contributed by atoms with van der Waals surface area (Å²) < 4.78 is 0. The summed E-state index contributed by atoms with van der Waals surface area (Å²) in [5, 5.41) is 15.0. The first-order valence-electron chi connectivity index (χ1n) is 8.97. The summed E-state index contributed by atoms with van der Waals surface area (Å²) >= 11 is 0. The Hall–Kier alpha value is -2.93. The molecule has 0 fully saturated rings. The molecule has 3 rings (SSSR count). The number of carbonyl (C=O) groups is 2. The number of hydrogen-bond donors (Lipinski definition) is 3. The molecule has 0 bridgehead atoms. The van der Waals surface area contributed by atoms with Gasteiger partial charge in [0.25, 0.3) is 5.91 Å². The van der Waals surface area contributed by atoms with E-state index in [-0.39, 0.29) is 30.5 Å². The zero-order chi connectivity index (χ0) is 19.4. The van der Waals surface area contributed by atoms with E-state index in [0.717, 1.165) is 11.1 Å². The molecular formula is C20H24N4O3. The third kappa shape index (κ3) is 4.43. The van der Waals surface area contributed by atoms with Crippen LogP contribution in [-0.4, -0.2) is 39.6 Å². The van der Waals surface area contributed by atoms with Gasteiger partial charge in [-0.3, -0.25) is 9.78 Å². The molecule has 2 heterocycles. The van der Waals surface area contributed by atoms with Gasteiger partial charge in [-0.2, -0.15) is 0 Å². The average Bonchev–Trinajstić information content (AvgIpc) is 3.10. The molecule has 1 aliphatic heterocycles. The highest BCUT2D eigenvalue weighted by Gasteiger charge is 2.23. The maximum atomic E-state index is 12.4. The summed E-state index contributed by atoms with van der Waals surface area (Å²) in [5.41, 5.74) is 3.26. The second-order valence-corrected chi connectivity index (χ2v) is 7.01. The van der Waals surface area contributed by atoms with E-state index in [1.54, 1.807) is 41.6 Å². The number of anilines is 1. The molecule has 142 valence electrons. The lowest BCUT2D eigenvalue weighted by Gasteiger charge is -2.20. The van der Waals surface area contributed by atoms with Gasteiger partial charge >= 0.3 is 6.03 Å². The van der Waals surface area contributed by atoms with E-state index in [4.69, 9.17) is 0 Å². The predicted molar refractivity (Wildman–Crippen MR) is 102 cm³/mol. The molecule has 1 atom stereocenters. The van der Waals surface area contributed by atoms with Crippen LogP contribution in [0.2, 0.25) is 0 Å². The van der Waals surface area contributed by atoms with Crippen molar-refractivity contribution in [3.63, 3.8) is 0 Å². The molecule has 3 N–H and O–H groups in total. The van der Waals surface area contributed by atoms with Crippen LogP contribution >= 0.6 is 0 Å². The van der Waals surface area contributed by atoms with Gasteiger partial charge in [0.2, 0.25) is 0 Å². The summed E-state index contributed by atoms with van der Waals surface area (Å²) in [6.45, 7) is 4.86. The summed E-state index contributed by atoms with van der Waals surface area (Å²) in [6.07, 6.45) is 3.51. The van der Waals surface area contributed by atoms with Crippen molar-refractivity contribution >= 4 is 17.6 Å². The van der Waals surface area contributed by atoms with E-state index in [1.807, 2.05) is 19.9 Å². The van der Waals surface area contributed by atoms with Gasteiger partial charge in [0.1, 0.15) is 0 Å². The number of benzene rings is 1. The number of nitrogens with one attached hydrogen (secondary N) is 2. The van der Waals surface area contributed by atoms with Gasteiger partial charge in [-0.25, -0.2) is 4.79 Å². The second-order valence-electron chi connectivity index (χ2n) is 7.01. The van der Waals surface area contributed by atoms with Crippen molar-refractivity contribution in [2.75, 3.05) is 11.9 Å². The summed E-state index contributed by atoms with van der Waals surface area (Å²) in [7, 11) is 0. The Bertz CT molecular complexity index is 795. The normalized spacial score (nSPS) is 14.0. The molecule has 2 aromatic rings.